The Morgan fingerprint density at radius 2 is 0.603 bits per heavy atom. The molecular formula is C74H50O4. The molecule has 0 fully saturated rings. The molecule has 0 amide bonds. The fourth-order valence-electron chi connectivity index (χ4n) is 11.5. The zero-order chi connectivity index (χ0) is 52.1. The van der Waals surface area contributed by atoms with Crippen molar-refractivity contribution in [2.45, 2.75) is 13.2 Å². The monoisotopic (exact) mass is 1000 g/mol. The lowest BCUT2D eigenvalue weighted by atomic mass is 9.90. The van der Waals surface area contributed by atoms with Gasteiger partial charge < -0.3 is 19.7 Å². The van der Waals surface area contributed by atoms with Crippen LogP contribution in [0.5, 0.6) is 23.0 Å². The highest BCUT2D eigenvalue weighted by molar-refractivity contribution is 6.11. The van der Waals surface area contributed by atoms with E-state index in [1.165, 1.54) is 10.8 Å². The first kappa shape index (κ1) is 46.7. The summed E-state index contributed by atoms with van der Waals surface area (Å²) < 4.78 is 14.6. The molecule has 78 heavy (non-hydrogen) atoms. The van der Waals surface area contributed by atoms with Crippen molar-refractivity contribution in [3.8, 4) is 78.6 Å². The van der Waals surface area contributed by atoms with Gasteiger partial charge in [0.25, 0.3) is 0 Å². The molecule has 0 aliphatic rings. The number of hydrogen-bond acceptors (Lipinski definition) is 4. The van der Waals surface area contributed by atoms with Crippen LogP contribution in [0.2, 0.25) is 0 Å². The lowest BCUT2D eigenvalue weighted by Gasteiger charge is -2.21. The van der Waals surface area contributed by atoms with Crippen LogP contribution in [-0.2, 0) is 13.2 Å². The maximum atomic E-state index is 10.5. The highest BCUT2D eigenvalue weighted by atomic mass is 16.5. The lowest BCUT2D eigenvalue weighted by molar-refractivity contribution is 0.282. The van der Waals surface area contributed by atoms with Gasteiger partial charge in [-0.2, -0.15) is 0 Å². The summed E-state index contributed by atoms with van der Waals surface area (Å²) in [5.41, 5.74) is 12.2. The minimum atomic E-state index is -0.0705. The van der Waals surface area contributed by atoms with Gasteiger partial charge in [0.15, 0.2) is 0 Å². The van der Waals surface area contributed by atoms with Crippen LogP contribution < -0.4 is 9.47 Å². The third-order valence-corrected chi connectivity index (χ3v) is 15.3. The molecule has 370 valence electrons. The standard InChI is InChI=1S/C74H50O4/c75-45-47-35-57-23-29-63(43-69(57)67(37-47)61-21-19-51-15-7-9-17-53(51)39-61)77-71-33-27-59-41-55(49-11-3-1-4-12-49)25-31-65(59)73(71)74-66-32-26-56(50-13-5-2-6-14-50)42-60(66)28-34-72(74)78-64-30-24-58-36-48(46-76)38-68(70(58)44-64)62-22-20-52-16-8-10-18-54(52)40-62/h1-44,75-76H,45-46H2. The van der Waals surface area contributed by atoms with E-state index in [-0.39, 0.29) is 13.2 Å². The summed E-state index contributed by atoms with van der Waals surface area (Å²) in [5, 5.41) is 33.8. The van der Waals surface area contributed by atoms with Gasteiger partial charge in [0, 0.05) is 11.1 Å². The van der Waals surface area contributed by atoms with Crippen molar-refractivity contribution in [1.82, 2.24) is 0 Å². The van der Waals surface area contributed by atoms with Gasteiger partial charge >= 0.3 is 0 Å². The van der Waals surface area contributed by atoms with Gasteiger partial charge in [-0.3, -0.25) is 0 Å². The maximum absolute atomic E-state index is 10.5. The molecule has 2 N–H and O–H groups in total. The third kappa shape index (κ3) is 8.65. The highest BCUT2D eigenvalue weighted by Crippen LogP contribution is 2.50. The Labute approximate surface area is 451 Å². The second-order valence-corrected chi connectivity index (χ2v) is 20.2. The fraction of sp³-hybridized carbons (Fsp3) is 0.0270. The first-order chi connectivity index (χ1) is 38.5. The summed E-state index contributed by atoms with van der Waals surface area (Å²) in [6, 6.07) is 93.6. The molecule has 0 aromatic heterocycles. The van der Waals surface area contributed by atoms with Crippen LogP contribution in [0.15, 0.2) is 267 Å². The first-order valence-corrected chi connectivity index (χ1v) is 26.4. The van der Waals surface area contributed by atoms with Crippen molar-refractivity contribution in [1.29, 1.82) is 0 Å². The van der Waals surface area contributed by atoms with E-state index in [0.29, 0.717) is 23.0 Å². The zero-order valence-corrected chi connectivity index (χ0v) is 42.5. The topological polar surface area (TPSA) is 58.9 Å². The summed E-state index contributed by atoms with van der Waals surface area (Å²) in [6.07, 6.45) is 0. The van der Waals surface area contributed by atoms with Gasteiger partial charge in [-0.1, -0.05) is 182 Å². The molecule has 0 radical (unpaired) electrons. The average Bonchev–Trinajstić information content (AvgIpc) is 3.61. The van der Waals surface area contributed by atoms with Crippen LogP contribution in [0.25, 0.3) is 120 Å². The van der Waals surface area contributed by atoms with E-state index in [1.54, 1.807) is 0 Å². The Hall–Kier alpha value is -9.84. The zero-order valence-electron chi connectivity index (χ0n) is 42.5. The Kier molecular flexibility index (Phi) is 11.8. The Morgan fingerprint density at radius 3 is 1.04 bits per heavy atom. The van der Waals surface area contributed by atoms with E-state index in [9.17, 15) is 10.2 Å². The van der Waals surface area contributed by atoms with Crippen molar-refractivity contribution in [3.63, 3.8) is 0 Å². The second-order valence-electron chi connectivity index (χ2n) is 20.2. The van der Waals surface area contributed by atoms with Crippen LogP contribution in [0.4, 0.5) is 0 Å². The van der Waals surface area contributed by atoms with Crippen molar-refractivity contribution in [2.75, 3.05) is 0 Å². The van der Waals surface area contributed by atoms with E-state index in [1.807, 2.05) is 24.3 Å². The van der Waals surface area contributed by atoms with Gasteiger partial charge in [0.2, 0.25) is 0 Å². The average molecular weight is 1000 g/mol. The number of fused-ring (bicyclic) bond motifs is 6. The Morgan fingerprint density at radius 1 is 0.244 bits per heavy atom. The molecule has 4 nitrogen and oxygen atoms in total. The Bertz CT molecular complexity index is 4340. The molecule has 14 rings (SSSR count). The molecule has 0 aliphatic heterocycles. The van der Waals surface area contributed by atoms with Crippen LogP contribution in [0.3, 0.4) is 0 Å². The predicted molar refractivity (Wildman–Crippen MR) is 324 cm³/mol. The van der Waals surface area contributed by atoms with Gasteiger partial charge in [0.1, 0.15) is 23.0 Å². The van der Waals surface area contributed by atoms with Crippen LogP contribution >= 0.6 is 0 Å². The first-order valence-electron chi connectivity index (χ1n) is 26.4. The fourth-order valence-corrected chi connectivity index (χ4v) is 11.5. The summed E-state index contributed by atoms with van der Waals surface area (Å²) in [6.45, 7) is -0.141. The molecule has 0 unspecified atom stereocenters. The number of benzene rings is 14. The molecule has 0 atom stereocenters. The van der Waals surface area contributed by atoms with Crippen molar-refractivity contribution >= 4 is 64.6 Å². The van der Waals surface area contributed by atoms with Crippen LogP contribution in [0, 0.1) is 0 Å². The second kappa shape index (κ2) is 19.7. The summed E-state index contributed by atoms with van der Waals surface area (Å²) >= 11 is 0. The molecular weight excluding hydrogens is 953 g/mol. The van der Waals surface area contributed by atoms with Crippen LogP contribution in [-0.4, -0.2) is 10.2 Å². The number of hydrogen-bond donors (Lipinski definition) is 2. The smallest absolute Gasteiger partial charge is 0.136 e. The number of ether oxygens (including phenoxy) is 2. The predicted octanol–water partition coefficient (Wildman–Crippen LogP) is 19.5. The summed E-state index contributed by atoms with van der Waals surface area (Å²) in [5.74, 6) is 2.70. The lowest BCUT2D eigenvalue weighted by Crippen LogP contribution is -1.96. The molecule has 0 heterocycles. The minimum Gasteiger partial charge on any atom is -0.457 e. The van der Waals surface area contributed by atoms with E-state index in [4.69, 9.17) is 9.47 Å². The number of aliphatic hydroxyl groups is 2. The molecule has 14 aromatic carbocycles. The van der Waals surface area contributed by atoms with Crippen molar-refractivity contribution in [3.05, 3.63) is 278 Å². The highest BCUT2D eigenvalue weighted by Gasteiger charge is 2.22. The van der Waals surface area contributed by atoms with Gasteiger partial charge in [-0.25, -0.2) is 0 Å². The molecule has 0 bridgehead atoms. The van der Waals surface area contributed by atoms with Gasteiger partial charge in [-0.15, -0.1) is 0 Å². The van der Waals surface area contributed by atoms with Gasteiger partial charge in [-0.05, 0) is 205 Å². The molecule has 0 aliphatic carbocycles. The molecule has 0 spiro atoms. The van der Waals surface area contributed by atoms with Crippen molar-refractivity contribution < 1.29 is 19.7 Å². The number of rotatable bonds is 11. The van der Waals surface area contributed by atoms with E-state index in [0.717, 1.165) is 121 Å². The van der Waals surface area contributed by atoms with E-state index < -0.39 is 0 Å². The number of aliphatic hydroxyl groups excluding tert-OH is 2. The molecule has 0 saturated heterocycles. The van der Waals surface area contributed by atoms with E-state index in [2.05, 4.69) is 243 Å². The molecule has 14 aromatic rings. The normalized spacial score (nSPS) is 11.6. The van der Waals surface area contributed by atoms with Crippen molar-refractivity contribution in [2.24, 2.45) is 0 Å². The minimum absolute atomic E-state index is 0.0705. The molecule has 0 saturated carbocycles. The maximum Gasteiger partial charge on any atom is 0.136 e. The molecule has 4 heteroatoms. The largest absolute Gasteiger partial charge is 0.457 e. The quantitative estimate of drug-likeness (QED) is 0.136. The third-order valence-electron chi connectivity index (χ3n) is 15.3. The van der Waals surface area contributed by atoms with Crippen LogP contribution in [0.1, 0.15) is 11.1 Å². The summed E-state index contributed by atoms with van der Waals surface area (Å²) in [7, 11) is 0. The SMILES string of the molecule is OCc1cc(-c2ccc3ccccc3c2)c2cc(Oc3ccc4cc(-c5ccccc5)ccc4c3-c3c(Oc4ccc5cc(CO)cc(-c6ccc7ccccc7c6)c5c4)ccc4cc(-c5ccccc5)ccc34)ccc2c1. The summed E-state index contributed by atoms with van der Waals surface area (Å²) in [4.78, 5) is 0. The van der Waals surface area contributed by atoms with Gasteiger partial charge in [0.05, 0.1) is 13.2 Å². The Balaban J connectivity index is 0.974. The van der Waals surface area contributed by atoms with E-state index >= 15 is 0 Å².